The minimum absolute atomic E-state index is 0.297. The van der Waals surface area contributed by atoms with Gasteiger partial charge in [-0.1, -0.05) is 0 Å². The third-order valence-electron chi connectivity index (χ3n) is 3.80. The minimum atomic E-state index is -0.790. The Hall–Kier alpha value is -1.69. The number of nitrogens with one attached hydrogen (secondary N) is 1. The number of rotatable bonds is 4. The highest BCUT2D eigenvalue weighted by molar-refractivity contribution is 5.52. The molecule has 5 nitrogen and oxygen atoms in total. The van der Waals surface area contributed by atoms with Crippen LogP contribution in [0.3, 0.4) is 0 Å². The molecule has 1 unspecified atom stereocenters. The molecule has 0 spiro atoms. The summed E-state index contributed by atoms with van der Waals surface area (Å²) in [5.74, 6) is -0.790. The number of anilines is 1. The lowest BCUT2D eigenvalue weighted by atomic mass is 10.2. The van der Waals surface area contributed by atoms with Crippen molar-refractivity contribution >= 4 is 11.4 Å². The molecule has 102 valence electrons. The molecule has 1 aliphatic heterocycles. The van der Waals surface area contributed by atoms with Crippen LogP contribution in [-0.2, 0) is 0 Å². The lowest BCUT2D eigenvalue weighted by molar-refractivity contribution is -0.387. The molecule has 1 aromatic carbocycles. The number of halogens is 1. The van der Waals surface area contributed by atoms with E-state index in [1.807, 2.05) is 0 Å². The number of nitro groups is 1. The molecule has 3 rings (SSSR count). The predicted octanol–water partition coefficient (Wildman–Crippen LogP) is 2.38. The van der Waals surface area contributed by atoms with Gasteiger partial charge in [-0.2, -0.15) is 4.39 Å². The molecule has 1 saturated heterocycles. The van der Waals surface area contributed by atoms with Crippen LogP contribution in [-0.4, -0.2) is 35.0 Å². The van der Waals surface area contributed by atoms with Crippen molar-refractivity contribution in [3.8, 4) is 0 Å². The van der Waals surface area contributed by atoms with Gasteiger partial charge in [0.2, 0.25) is 5.82 Å². The standard InChI is InChI=1S/C13H16FN3O2/c14-12-4-1-9(7-13(12)17(18)19)15-10-5-6-16(8-10)11-2-3-11/h1,4,7,10-11,15H,2-3,5-6,8H2. The lowest BCUT2D eigenvalue weighted by Gasteiger charge is -2.16. The van der Waals surface area contributed by atoms with E-state index >= 15 is 0 Å². The summed E-state index contributed by atoms with van der Waals surface area (Å²) in [5, 5.41) is 14.0. The van der Waals surface area contributed by atoms with E-state index in [-0.39, 0.29) is 0 Å². The van der Waals surface area contributed by atoms with E-state index in [1.54, 1.807) is 6.07 Å². The lowest BCUT2D eigenvalue weighted by Crippen LogP contribution is -2.27. The summed E-state index contributed by atoms with van der Waals surface area (Å²) in [7, 11) is 0. The highest BCUT2D eigenvalue weighted by atomic mass is 19.1. The van der Waals surface area contributed by atoms with Crippen LogP contribution in [0.5, 0.6) is 0 Å². The Balaban J connectivity index is 1.66. The van der Waals surface area contributed by atoms with E-state index in [1.165, 1.54) is 18.9 Å². The smallest absolute Gasteiger partial charge is 0.306 e. The van der Waals surface area contributed by atoms with E-state index < -0.39 is 16.4 Å². The average molecular weight is 265 g/mol. The zero-order chi connectivity index (χ0) is 13.4. The van der Waals surface area contributed by atoms with Crippen molar-refractivity contribution in [2.45, 2.75) is 31.3 Å². The van der Waals surface area contributed by atoms with Crippen LogP contribution in [0.15, 0.2) is 18.2 Å². The molecular weight excluding hydrogens is 249 g/mol. The fourth-order valence-electron chi connectivity index (χ4n) is 2.65. The Bertz CT molecular complexity index is 505. The first kappa shape index (κ1) is 12.3. The predicted molar refractivity (Wildman–Crippen MR) is 69.7 cm³/mol. The number of nitro benzene ring substituents is 1. The molecule has 1 N–H and O–H groups in total. The first-order chi connectivity index (χ1) is 9.13. The van der Waals surface area contributed by atoms with Gasteiger partial charge in [0, 0.05) is 36.9 Å². The zero-order valence-corrected chi connectivity index (χ0v) is 10.5. The van der Waals surface area contributed by atoms with E-state index in [0.717, 1.165) is 31.6 Å². The van der Waals surface area contributed by atoms with Gasteiger partial charge in [-0.05, 0) is 31.4 Å². The van der Waals surface area contributed by atoms with E-state index in [4.69, 9.17) is 0 Å². The fraction of sp³-hybridized carbons (Fsp3) is 0.538. The second kappa shape index (κ2) is 4.77. The van der Waals surface area contributed by atoms with Crippen LogP contribution >= 0.6 is 0 Å². The van der Waals surface area contributed by atoms with Crippen molar-refractivity contribution in [1.29, 1.82) is 0 Å². The van der Waals surface area contributed by atoms with Crippen molar-refractivity contribution in [3.05, 3.63) is 34.1 Å². The summed E-state index contributed by atoms with van der Waals surface area (Å²) in [6.07, 6.45) is 3.60. The topological polar surface area (TPSA) is 58.4 Å². The molecule has 0 bridgehead atoms. The molecule has 2 fully saturated rings. The Morgan fingerprint density at radius 3 is 2.84 bits per heavy atom. The molecule has 6 heteroatoms. The molecular formula is C13H16FN3O2. The molecule has 19 heavy (non-hydrogen) atoms. The van der Waals surface area contributed by atoms with E-state index in [9.17, 15) is 14.5 Å². The molecule has 2 aliphatic rings. The van der Waals surface area contributed by atoms with Gasteiger partial charge in [-0.3, -0.25) is 15.0 Å². The third-order valence-corrected chi connectivity index (χ3v) is 3.80. The quantitative estimate of drug-likeness (QED) is 0.670. The normalized spacial score (nSPS) is 23.5. The SMILES string of the molecule is O=[N+]([O-])c1cc(NC2CCN(C3CC3)C2)ccc1F. The van der Waals surface area contributed by atoms with Gasteiger partial charge in [0.15, 0.2) is 0 Å². The first-order valence-corrected chi connectivity index (χ1v) is 6.58. The monoisotopic (exact) mass is 265 g/mol. The van der Waals surface area contributed by atoms with Crippen molar-refractivity contribution in [1.82, 2.24) is 4.90 Å². The van der Waals surface area contributed by atoms with Crippen LogP contribution in [0.2, 0.25) is 0 Å². The van der Waals surface area contributed by atoms with Crippen LogP contribution < -0.4 is 5.32 Å². The highest BCUT2D eigenvalue weighted by Crippen LogP contribution is 2.31. The van der Waals surface area contributed by atoms with Crippen LogP contribution in [0, 0.1) is 15.9 Å². The van der Waals surface area contributed by atoms with E-state index in [0.29, 0.717) is 11.7 Å². The Kier molecular flexibility index (Phi) is 3.10. The summed E-state index contributed by atoms with van der Waals surface area (Å²) < 4.78 is 13.2. The second-order valence-corrected chi connectivity index (χ2v) is 5.28. The molecule has 1 aliphatic carbocycles. The summed E-state index contributed by atoms with van der Waals surface area (Å²) in [5.41, 5.74) is 0.151. The van der Waals surface area contributed by atoms with Gasteiger partial charge in [-0.15, -0.1) is 0 Å². The average Bonchev–Trinajstić information content (AvgIpc) is 3.12. The summed E-state index contributed by atoms with van der Waals surface area (Å²) >= 11 is 0. The minimum Gasteiger partial charge on any atom is -0.381 e. The van der Waals surface area contributed by atoms with E-state index in [2.05, 4.69) is 10.2 Å². The van der Waals surface area contributed by atoms with Crippen molar-refractivity contribution in [2.75, 3.05) is 18.4 Å². The Labute approximate surface area is 110 Å². The number of hydrogen-bond donors (Lipinski definition) is 1. The zero-order valence-electron chi connectivity index (χ0n) is 10.5. The molecule has 0 aromatic heterocycles. The first-order valence-electron chi connectivity index (χ1n) is 6.58. The number of hydrogen-bond acceptors (Lipinski definition) is 4. The molecule has 1 aromatic rings. The van der Waals surface area contributed by atoms with Crippen molar-refractivity contribution < 1.29 is 9.31 Å². The molecule has 1 saturated carbocycles. The van der Waals surface area contributed by atoms with Gasteiger partial charge in [0.25, 0.3) is 0 Å². The van der Waals surface area contributed by atoms with Crippen molar-refractivity contribution in [2.24, 2.45) is 0 Å². The van der Waals surface area contributed by atoms with Crippen LogP contribution in [0.1, 0.15) is 19.3 Å². The molecule has 0 radical (unpaired) electrons. The molecule has 1 heterocycles. The van der Waals surface area contributed by atoms with Crippen LogP contribution in [0.25, 0.3) is 0 Å². The highest BCUT2D eigenvalue weighted by Gasteiger charge is 2.34. The fourth-order valence-corrected chi connectivity index (χ4v) is 2.65. The summed E-state index contributed by atoms with van der Waals surface area (Å²) in [4.78, 5) is 12.5. The molecule has 0 amide bonds. The van der Waals surface area contributed by atoms with Gasteiger partial charge in [0.05, 0.1) is 4.92 Å². The maximum Gasteiger partial charge on any atom is 0.306 e. The summed E-state index contributed by atoms with van der Waals surface area (Å²) in [6, 6.07) is 5.02. The third kappa shape index (κ3) is 2.68. The number of likely N-dealkylation sites (tertiary alicyclic amines) is 1. The van der Waals surface area contributed by atoms with Gasteiger partial charge < -0.3 is 5.32 Å². The maximum atomic E-state index is 13.2. The second-order valence-electron chi connectivity index (χ2n) is 5.28. The number of nitrogens with zero attached hydrogens (tertiary/aromatic N) is 2. The maximum absolute atomic E-state index is 13.2. The Morgan fingerprint density at radius 1 is 1.37 bits per heavy atom. The van der Waals surface area contributed by atoms with Crippen LogP contribution in [0.4, 0.5) is 15.8 Å². The van der Waals surface area contributed by atoms with Crippen molar-refractivity contribution in [3.63, 3.8) is 0 Å². The van der Waals surface area contributed by atoms with Gasteiger partial charge in [0.1, 0.15) is 0 Å². The van der Waals surface area contributed by atoms with Gasteiger partial charge in [-0.25, -0.2) is 0 Å². The largest absolute Gasteiger partial charge is 0.381 e. The molecule has 1 atom stereocenters. The summed E-state index contributed by atoms with van der Waals surface area (Å²) in [6.45, 7) is 2.04. The number of benzene rings is 1. The van der Waals surface area contributed by atoms with Gasteiger partial charge >= 0.3 is 5.69 Å². The Morgan fingerprint density at radius 2 is 2.16 bits per heavy atom.